The Morgan fingerprint density at radius 1 is 1.32 bits per heavy atom. The van der Waals surface area contributed by atoms with Crippen molar-refractivity contribution in [3.8, 4) is 5.75 Å². The molecule has 0 spiro atoms. The standard InChI is InChI=1S/C15H22FNO2/c1-10(2)5-4-6-11(3)17-15(19)13-8-7-12(18)9-14(13)16/h7-11,18H,4-6H2,1-3H3,(H,17,19). The fraction of sp³-hybridized carbons (Fsp3) is 0.533. The highest BCUT2D eigenvalue weighted by Gasteiger charge is 2.14. The zero-order valence-corrected chi connectivity index (χ0v) is 11.7. The molecule has 0 heterocycles. The Morgan fingerprint density at radius 2 is 2.00 bits per heavy atom. The normalized spacial score (nSPS) is 12.5. The van der Waals surface area contributed by atoms with Crippen molar-refractivity contribution in [1.82, 2.24) is 5.32 Å². The lowest BCUT2D eigenvalue weighted by molar-refractivity contribution is 0.0933. The molecule has 4 heteroatoms. The molecule has 1 unspecified atom stereocenters. The van der Waals surface area contributed by atoms with E-state index in [4.69, 9.17) is 5.11 Å². The number of benzene rings is 1. The van der Waals surface area contributed by atoms with Gasteiger partial charge in [0.1, 0.15) is 11.6 Å². The van der Waals surface area contributed by atoms with Gasteiger partial charge in [0.25, 0.3) is 5.91 Å². The first-order valence-corrected chi connectivity index (χ1v) is 6.69. The van der Waals surface area contributed by atoms with Crippen molar-refractivity contribution in [2.75, 3.05) is 0 Å². The molecule has 0 radical (unpaired) electrons. The topological polar surface area (TPSA) is 49.3 Å². The zero-order valence-electron chi connectivity index (χ0n) is 11.7. The molecule has 1 aromatic carbocycles. The van der Waals surface area contributed by atoms with Crippen LogP contribution in [0.25, 0.3) is 0 Å². The molecule has 2 N–H and O–H groups in total. The average Bonchev–Trinajstić information content (AvgIpc) is 2.27. The number of hydrogen-bond acceptors (Lipinski definition) is 2. The van der Waals surface area contributed by atoms with Gasteiger partial charge < -0.3 is 10.4 Å². The Labute approximate surface area is 113 Å². The van der Waals surface area contributed by atoms with Crippen LogP contribution in [0, 0.1) is 11.7 Å². The second kappa shape index (κ2) is 7.12. The van der Waals surface area contributed by atoms with E-state index in [1.54, 1.807) is 0 Å². The summed E-state index contributed by atoms with van der Waals surface area (Å²) in [4.78, 5) is 11.9. The number of halogens is 1. The summed E-state index contributed by atoms with van der Waals surface area (Å²) in [6, 6.07) is 3.56. The average molecular weight is 267 g/mol. The minimum Gasteiger partial charge on any atom is -0.508 e. The van der Waals surface area contributed by atoms with E-state index in [2.05, 4.69) is 19.2 Å². The summed E-state index contributed by atoms with van der Waals surface area (Å²) in [6.07, 6.45) is 3.04. The van der Waals surface area contributed by atoms with Crippen LogP contribution in [0.3, 0.4) is 0 Å². The van der Waals surface area contributed by atoms with Crippen LogP contribution in [0.5, 0.6) is 5.75 Å². The number of hydrogen-bond donors (Lipinski definition) is 2. The van der Waals surface area contributed by atoms with Crippen molar-refractivity contribution < 1.29 is 14.3 Å². The molecular weight excluding hydrogens is 245 g/mol. The summed E-state index contributed by atoms with van der Waals surface area (Å²) in [6.45, 7) is 6.24. The lowest BCUT2D eigenvalue weighted by Gasteiger charge is -2.15. The van der Waals surface area contributed by atoms with Crippen LogP contribution in [0.4, 0.5) is 4.39 Å². The number of aromatic hydroxyl groups is 1. The molecule has 1 atom stereocenters. The van der Waals surface area contributed by atoms with Crippen molar-refractivity contribution >= 4 is 5.91 Å². The maximum atomic E-state index is 13.5. The molecule has 1 amide bonds. The fourth-order valence-corrected chi connectivity index (χ4v) is 1.89. The van der Waals surface area contributed by atoms with Crippen molar-refractivity contribution in [3.63, 3.8) is 0 Å². The second-order valence-electron chi connectivity index (χ2n) is 5.36. The minimum atomic E-state index is -0.702. The van der Waals surface area contributed by atoms with Gasteiger partial charge in [-0.3, -0.25) is 4.79 Å². The number of rotatable bonds is 6. The number of phenolic OH excluding ortho intramolecular Hbond substituents is 1. The molecule has 1 aromatic rings. The molecule has 19 heavy (non-hydrogen) atoms. The minimum absolute atomic E-state index is 0.0134. The van der Waals surface area contributed by atoms with E-state index in [-0.39, 0.29) is 17.4 Å². The van der Waals surface area contributed by atoms with Crippen LogP contribution in [0.1, 0.15) is 50.4 Å². The number of phenols is 1. The van der Waals surface area contributed by atoms with E-state index in [1.165, 1.54) is 12.1 Å². The van der Waals surface area contributed by atoms with Crippen LogP contribution in [0.15, 0.2) is 18.2 Å². The third-order valence-electron chi connectivity index (χ3n) is 2.99. The van der Waals surface area contributed by atoms with Crippen molar-refractivity contribution in [1.29, 1.82) is 0 Å². The van der Waals surface area contributed by atoms with Crippen molar-refractivity contribution in [2.24, 2.45) is 5.92 Å². The number of carbonyl (C=O) groups excluding carboxylic acids is 1. The van der Waals surface area contributed by atoms with Crippen molar-refractivity contribution in [3.05, 3.63) is 29.6 Å². The van der Waals surface area contributed by atoms with Gasteiger partial charge in [-0.25, -0.2) is 4.39 Å². The highest BCUT2D eigenvalue weighted by molar-refractivity contribution is 5.94. The first-order valence-electron chi connectivity index (χ1n) is 6.69. The summed E-state index contributed by atoms with van der Waals surface area (Å²) >= 11 is 0. The van der Waals surface area contributed by atoms with Gasteiger partial charge in [-0.2, -0.15) is 0 Å². The monoisotopic (exact) mass is 267 g/mol. The molecule has 0 aliphatic carbocycles. The summed E-state index contributed by atoms with van der Waals surface area (Å²) < 4.78 is 13.5. The number of carbonyl (C=O) groups is 1. The molecule has 0 bridgehead atoms. The predicted molar refractivity (Wildman–Crippen MR) is 73.7 cm³/mol. The van der Waals surface area contributed by atoms with Gasteiger partial charge in [-0.15, -0.1) is 0 Å². The van der Waals surface area contributed by atoms with Gasteiger partial charge in [0.2, 0.25) is 0 Å². The van der Waals surface area contributed by atoms with Crippen LogP contribution in [0.2, 0.25) is 0 Å². The highest BCUT2D eigenvalue weighted by atomic mass is 19.1. The maximum absolute atomic E-state index is 13.5. The first-order chi connectivity index (χ1) is 8.90. The Balaban J connectivity index is 2.50. The maximum Gasteiger partial charge on any atom is 0.254 e. The van der Waals surface area contributed by atoms with E-state index in [1.807, 2.05) is 6.92 Å². The quantitative estimate of drug-likeness (QED) is 0.829. The second-order valence-corrected chi connectivity index (χ2v) is 5.36. The third kappa shape index (κ3) is 5.28. The van der Waals surface area contributed by atoms with Gasteiger partial charge in [0, 0.05) is 12.1 Å². The largest absolute Gasteiger partial charge is 0.508 e. The van der Waals surface area contributed by atoms with E-state index in [0.717, 1.165) is 25.3 Å². The SMILES string of the molecule is CC(C)CCCC(C)NC(=O)c1ccc(O)cc1F. The zero-order chi connectivity index (χ0) is 14.4. The lowest BCUT2D eigenvalue weighted by Crippen LogP contribution is -2.33. The van der Waals surface area contributed by atoms with Crippen LogP contribution in [-0.4, -0.2) is 17.1 Å². The summed E-state index contributed by atoms with van der Waals surface area (Å²) in [5, 5.41) is 11.9. The molecular formula is C15H22FNO2. The van der Waals surface area contributed by atoms with Crippen LogP contribution in [-0.2, 0) is 0 Å². The predicted octanol–water partition coefficient (Wildman–Crippen LogP) is 3.48. The van der Waals surface area contributed by atoms with Crippen LogP contribution >= 0.6 is 0 Å². The van der Waals surface area contributed by atoms with E-state index in [9.17, 15) is 9.18 Å². The Kier molecular flexibility index (Phi) is 5.80. The van der Waals surface area contributed by atoms with Crippen LogP contribution < -0.4 is 5.32 Å². The van der Waals surface area contributed by atoms with Gasteiger partial charge in [-0.1, -0.05) is 26.7 Å². The Hall–Kier alpha value is -1.58. The van der Waals surface area contributed by atoms with Gasteiger partial charge >= 0.3 is 0 Å². The lowest BCUT2D eigenvalue weighted by atomic mass is 10.0. The number of nitrogens with one attached hydrogen (secondary N) is 1. The van der Waals surface area contributed by atoms with Gasteiger partial charge in [0.15, 0.2) is 0 Å². The van der Waals surface area contributed by atoms with Gasteiger partial charge in [0.05, 0.1) is 5.56 Å². The molecule has 0 saturated carbocycles. The Bertz CT molecular complexity index is 432. The van der Waals surface area contributed by atoms with Crippen molar-refractivity contribution in [2.45, 2.75) is 46.1 Å². The molecule has 0 fully saturated rings. The summed E-state index contributed by atoms with van der Waals surface area (Å²) in [5.74, 6) is -0.669. The smallest absolute Gasteiger partial charge is 0.254 e. The Morgan fingerprint density at radius 3 is 2.58 bits per heavy atom. The highest BCUT2D eigenvalue weighted by Crippen LogP contribution is 2.15. The van der Waals surface area contributed by atoms with E-state index >= 15 is 0 Å². The van der Waals surface area contributed by atoms with E-state index in [0.29, 0.717) is 5.92 Å². The summed E-state index contributed by atoms with van der Waals surface area (Å²) in [5.41, 5.74) is -0.0338. The molecule has 0 aliphatic heterocycles. The molecule has 0 aliphatic rings. The summed E-state index contributed by atoms with van der Waals surface area (Å²) in [7, 11) is 0. The first kappa shape index (κ1) is 15.5. The van der Waals surface area contributed by atoms with E-state index < -0.39 is 11.7 Å². The third-order valence-corrected chi connectivity index (χ3v) is 2.99. The fourth-order valence-electron chi connectivity index (χ4n) is 1.89. The number of amides is 1. The molecule has 0 aromatic heterocycles. The molecule has 0 saturated heterocycles. The molecule has 106 valence electrons. The van der Waals surface area contributed by atoms with Gasteiger partial charge in [-0.05, 0) is 31.4 Å². The molecule has 1 rings (SSSR count). The molecule has 3 nitrogen and oxygen atoms in total.